The van der Waals surface area contributed by atoms with Crippen LogP contribution in [0.1, 0.15) is 28.9 Å². The third-order valence-electron chi connectivity index (χ3n) is 3.88. The zero-order valence-electron chi connectivity index (χ0n) is 15.2. The molecule has 1 heterocycles. The number of nitrogens with two attached hydrogens (primary N) is 1. The number of nitrogens with zero attached hydrogens (tertiary/aromatic N) is 3. The summed E-state index contributed by atoms with van der Waals surface area (Å²) in [6.45, 7) is 1.76. The molecule has 1 aromatic heterocycles. The van der Waals surface area contributed by atoms with E-state index >= 15 is 0 Å². The van der Waals surface area contributed by atoms with Crippen molar-refractivity contribution < 1.29 is 22.3 Å². The Morgan fingerprint density at radius 2 is 1.93 bits per heavy atom. The molecule has 0 bridgehead atoms. The van der Waals surface area contributed by atoms with Gasteiger partial charge in [-0.1, -0.05) is 23.7 Å². The van der Waals surface area contributed by atoms with Crippen LogP contribution >= 0.6 is 11.6 Å². The molecular weight excluding hydrogens is 423 g/mol. The highest BCUT2D eigenvalue weighted by atomic mass is 35.5. The quantitative estimate of drug-likeness (QED) is 0.591. The largest absolute Gasteiger partial charge is 0.460 e. The van der Waals surface area contributed by atoms with Gasteiger partial charge in [0.2, 0.25) is 10.0 Å². The summed E-state index contributed by atoms with van der Waals surface area (Å²) in [4.78, 5) is 15.8. The molecule has 0 aliphatic rings. The molecule has 0 amide bonds. The van der Waals surface area contributed by atoms with Crippen molar-refractivity contribution in [2.75, 3.05) is 6.61 Å². The molecule has 152 valence electrons. The maximum Gasteiger partial charge on any atom is 0.378 e. The topological polar surface area (TPSA) is 117 Å². The summed E-state index contributed by atoms with van der Waals surface area (Å²) in [5.74, 6) is -1.65. The highest BCUT2D eigenvalue weighted by Crippen LogP contribution is 2.21. The molecule has 2 N–H and O–H groups in total. The lowest BCUT2D eigenvalue weighted by atomic mass is 10.1. The average molecular weight is 439 g/mol. The maximum atomic E-state index is 14.7. The number of sulfonamides is 1. The number of benzene rings is 2. The van der Waals surface area contributed by atoms with Crippen molar-refractivity contribution in [1.82, 2.24) is 14.8 Å². The third-order valence-corrected chi connectivity index (χ3v) is 5.05. The molecule has 0 fully saturated rings. The van der Waals surface area contributed by atoms with E-state index < -0.39 is 21.8 Å². The monoisotopic (exact) mass is 438 g/mol. The first-order valence-electron chi connectivity index (χ1n) is 8.39. The fourth-order valence-electron chi connectivity index (χ4n) is 2.56. The van der Waals surface area contributed by atoms with E-state index in [1.165, 1.54) is 6.07 Å². The fourth-order valence-corrected chi connectivity index (χ4v) is 3.21. The first-order chi connectivity index (χ1) is 13.7. The number of carbonyl (C=O) groups is 1. The van der Waals surface area contributed by atoms with E-state index in [0.717, 1.165) is 22.4 Å². The molecular formula is C18H16ClFN4O4S. The normalized spacial score (nSPS) is 11.4. The van der Waals surface area contributed by atoms with Crippen LogP contribution < -0.4 is 5.14 Å². The third kappa shape index (κ3) is 4.78. The predicted molar refractivity (Wildman–Crippen MR) is 103 cm³/mol. The van der Waals surface area contributed by atoms with Gasteiger partial charge in [0.05, 0.1) is 11.5 Å². The number of esters is 1. The van der Waals surface area contributed by atoms with Crippen LogP contribution in [0.2, 0.25) is 5.02 Å². The van der Waals surface area contributed by atoms with Crippen LogP contribution in [0.15, 0.2) is 47.4 Å². The average Bonchev–Trinajstić information content (AvgIpc) is 3.06. The SMILES string of the molecule is CCOC(=O)c1nc(Cc2ccc(Cl)cc2)n(-c2ccc(S(N)(=O)=O)cc2F)n1. The fraction of sp³-hybridized carbons (Fsp3) is 0.167. The molecule has 0 radical (unpaired) electrons. The maximum absolute atomic E-state index is 14.7. The summed E-state index contributed by atoms with van der Waals surface area (Å²) in [6.07, 6.45) is 0.208. The van der Waals surface area contributed by atoms with Crippen LogP contribution in [0.25, 0.3) is 5.69 Å². The van der Waals surface area contributed by atoms with Crippen molar-refractivity contribution in [2.45, 2.75) is 18.2 Å². The zero-order chi connectivity index (χ0) is 21.2. The van der Waals surface area contributed by atoms with Gasteiger partial charge in [-0.3, -0.25) is 0 Å². The van der Waals surface area contributed by atoms with Gasteiger partial charge in [0.25, 0.3) is 5.82 Å². The van der Waals surface area contributed by atoms with Crippen molar-refractivity contribution >= 4 is 27.6 Å². The molecule has 2 aromatic carbocycles. The summed E-state index contributed by atoms with van der Waals surface area (Å²) in [7, 11) is -4.07. The number of hydrogen-bond donors (Lipinski definition) is 1. The summed E-state index contributed by atoms with van der Waals surface area (Å²) in [6, 6.07) is 10.0. The van der Waals surface area contributed by atoms with Gasteiger partial charge in [-0.15, -0.1) is 5.10 Å². The lowest BCUT2D eigenvalue weighted by Gasteiger charge is -2.08. The standard InChI is InChI=1S/C18H16ClFN4O4S/c1-2-28-18(25)17-22-16(9-11-3-5-12(19)6-4-11)24(23-17)15-8-7-13(10-14(15)20)29(21,26)27/h3-8,10H,2,9H2,1H3,(H2,21,26,27). The van der Waals surface area contributed by atoms with Gasteiger partial charge in [0.15, 0.2) is 0 Å². The molecule has 0 spiro atoms. The van der Waals surface area contributed by atoms with E-state index in [2.05, 4.69) is 10.1 Å². The number of aromatic nitrogens is 3. The van der Waals surface area contributed by atoms with Crippen LogP contribution in [-0.4, -0.2) is 35.8 Å². The van der Waals surface area contributed by atoms with E-state index in [-0.39, 0.29) is 35.3 Å². The summed E-state index contributed by atoms with van der Waals surface area (Å²) < 4.78 is 43.6. The number of halogens is 2. The molecule has 8 nitrogen and oxygen atoms in total. The Labute approximate surface area is 171 Å². The van der Waals surface area contributed by atoms with Crippen LogP contribution in [0.5, 0.6) is 0 Å². The number of hydrogen-bond acceptors (Lipinski definition) is 6. The Bertz CT molecular complexity index is 1160. The first kappa shape index (κ1) is 20.9. The zero-order valence-corrected chi connectivity index (χ0v) is 16.7. The van der Waals surface area contributed by atoms with Gasteiger partial charge in [0.1, 0.15) is 17.3 Å². The molecule has 3 aromatic rings. The number of carbonyl (C=O) groups excluding carboxylic acids is 1. The minimum atomic E-state index is -4.07. The van der Waals surface area contributed by atoms with Crippen molar-refractivity contribution in [2.24, 2.45) is 5.14 Å². The lowest BCUT2D eigenvalue weighted by molar-refractivity contribution is 0.0512. The molecule has 0 saturated carbocycles. The van der Waals surface area contributed by atoms with Crippen LogP contribution in [0.4, 0.5) is 4.39 Å². The lowest BCUT2D eigenvalue weighted by Crippen LogP contribution is -2.13. The van der Waals surface area contributed by atoms with Gasteiger partial charge in [-0.25, -0.2) is 32.4 Å². The van der Waals surface area contributed by atoms with Gasteiger partial charge in [0, 0.05) is 11.4 Å². The van der Waals surface area contributed by atoms with Crippen molar-refractivity contribution in [3.05, 3.63) is 70.5 Å². The van der Waals surface area contributed by atoms with E-state index in [9.17, 15) is 17.6 Å². The smallest absolute Gasteiger partial charge is 0.378 e. The second-order valence-corrected chi connectivity index (χ2v) is 7.94. The molecule has 0 aliphatic carbocycles. The van der Waals surface area contributed by atoms with Crippen molar-refractivity contribution in [3.8, 4) is 5.69 Å². The Morgan fingerprint density at radius 3 is 2.52 bits per heavy atom. The minimum Gasteiger partial charge on any atom is -0.460 e. The molecule has 0 saturated heterocycles. The Morgan fingerprint density at radius 1 is 1.24 bits per heavy atom. The number of primary sulfonamides is 1. The van der Waals surface area contributed by atoms with E-state index in [0.29, 0.717) is 5.02 Å². The molecule has 0 aliphatic heterocycles. The van der Waals surface area contributed by atoms with Crippen LogP contribution in [-0.2, 0) is 21.2 Å². The summed E-state index contributed by atoms with van der Waals surface area (Å²) >= 11 is 5.89. The van der Waals surface area contributed by atoms with Gasteiger partial charge >= 0.3 is 5.97 Å². The minimum absolute atomic E-state index is 0.0931. The Kier molecular flexibility index (Phi) is 5.96. The van der Waals surface area contributed by atoms with Crippen LogP contribution in [0.3, 0.4) is 0 Å². The van der Waals surface area contributed by atoms with E-state index in [4.69, 9.17) is 21.5 Å². The molecule has 11 heteroatoms. The summed E-state index contributed by atoms with van der Waals surface area (Å²) in [5, 5.41) is 9.63. The molecule has 3 rings (SSSR count). The Hall–Kier alpha value is -2.82. The predicted octanol–water partition coefficient (Wildman–Crippen LogP) is 2.47. The van der Waals surface area contributed by atoms with Gasteiger partial charge < -0.3 is 4.74 Å². The second kappa shape index (κ2) is 8.27. The van der Waals surface area contributed by atoms with Crippen LogP contribution in [0, 0.1) is 5.82 Å². The van der Waals surface area contributed by atoms with E-state index in [1.54, 1.807) is 31.2 Å². The summed E-state index contributed by atoms with van der Waals surface area (Å²) in [5.41, 5.74) is 0.699. The Balaban J connectivity index is 2.08. The number of ether oxygens (including phenoxy) is 1. The highest BCUT2D eigenvalue weighted by molar-refractivity contribution is 7.89. The molecule has 0 unspecified atom stereocenters. The van der Waals surface area contributed by atoms with Gasteiger partial charge in [-0.2, -0.15) is 0 Å². The van der Waals surface area contributed by atoms with Gasteiger partial charge in [-0.05, 0) is 42.8 Å². The van der Waals surface area contributed by atoms with Crippen molar-refractivity contribution in [1.29, 1.82) is 0 Å². The second-order valence-electron chi connectivity index (χ2n) is 5.95. The van der Waals surface area contributed by atoms with E-state index in [1.807, 2.05) is 0 Å². The van der Waals surface area contributed by atoms with Crippen molar-refractivity contribution in [3.63, 3.8) is 0 Å². The molecule has 0 atom stereocenters. The first-order valence-corrected chi connectivity index (χ1v) is 10.3. The molecule has 29 heavy (non-hydrogen) atoms. The number of rotatable bonds is 6. The highest BCUT2D eigenvalue weighted by Gasteiger charge is 2.21.